The number of hydrogen-bond acceptors (Lipinski definition) is 5. The molecule has 4 rings (SSSR count). The first-order valence-corrected chi connectivity index (χ1v) is 10.2. The molecule has 0 aliphatic rings. The normalized spacial score (nSPS) is 10.5. The summed E-state index contributed by atoms with van der Waals surface area (Å²) < 4.78 is 10.6. The Morgan fingerprint density at radius 3 is 2.13 bits per heavy atom. The number of amides is 1. The van der Waals surface area contributed by atoms with E-state index in [-0.39, 0.29) is 5.91 Å². The van der Waals surface area contributed by atoms with Gasteiger partial charge in [0.05, 0.1) is 19.9 Å². The van der Waals surface area contributed by atoms with E-state index in [9.17, 15) is 4.79 Å². The second-order valence-corrected chi connectivity index (χ2v) is 7.33. The SMILES string of the molecule is COc1cccc(OC)c1C(=O)Nc1ccc(-c2csc(-c3ccccc3)n2)cc1. The molecule has 0 atom stereocenters. The van der Waals surface area contributed by atoms with Crippen LogP contribution in [-0.2, 0) is 0 Å². The molecule has 1 N–H and O–H groups in total. The number of carbonyl (C=O) groups excluding carboxylic acids is 1. The Hall–Kier alpha value is -3.64. The molecule has 5 nitrogen and oxygen atoms in total. The smallest absolute Gasteiger partial charge is 0.263 e. The molecule has 1 aromatic heterocycles. The van der Waals surface area contributed by atoms with Crippen molar-refractivity contribution in [3.05, 3.63) is 83.7 Å². The number of nitrogens with zero attached hydrogens (tertiary/aromatic N) is 1. The standard InChI is InChI=1S/C24H20N2O3S/c1-28-20-9-6-10-21(29-2)22(20)23(27)25-18-13-11-16(12-14-18)19-15-30-24(26-19)17-7-4-3-5-8-17/h3-15H,1-2H3,(H,25,27). The number of rotatable bonds is 6. The van der Waals surface area contributed by atoms with Gasteiger partial charge >= 0.3 is 0 Å². The fraction of sp³-hybridized carbons (Fsp3) is 0.0833. The van der Waals surface area contributed by atoms with Crippen molar-refractivity contribution in [2.24, 2.45) is 0 Å². The molecule has 0 fully saturated rings. The van der Waals surface area contributed by atoms with E-state index < -0.39 is 0 Å². The minimum Gasteiger partial charge on any atom is -0.496 e. The van der Waals surface area contributed by atoms with E-state index in [0.29, 0.717) is 22.7 Å². The average Bonchev–Trinajstić information content (AvgIpc) is 3.30. The number of carbonyl (C=O) groups is 1. The third kappa shape index (κ3) is 4.04. The lowest BCUT2D eigenvalue weighted by Crippen LogP contribution is -2.14. The Labute approximate surface area is 178 Å². The molecule has 0 saturated carbocycles. The molecule has 0 saturated heterocycles. The Balaban J connectivity index is 1.53. The molecule has 1 amide bonds. The Kier molecular flexibility index (Phi) is 5.77. The van der Waals surface area contributed by atoms with Crippen LogP contribution in [-0.4, -0.2) is 25.1 Å². The topological polar surface area (TPSA) is 60.5 Å². The molecule has 0 aliphatic heterocycles. The maximum atomic E-state index is 12.8. The van der Waals surface area contributed by atoms with Crippen LogP contribution in [0.5, 0.6) is 11.5 Å². The van der Waals surface area contributed by atoms with Gasteiger partial charge in [0.2, 0.25) is 0 Å². The zero-order chi connectivity index (χ0) is 20.9. The molecule has 0 unspecified atom stereocenters. The highest BCUT2D eigenvalue weighted by Gasteiger charge is 2.18. The number of nitrogens with one attached hydrogen (secondary N) is 1. The van der Waals surface area contributed by atoms with Crippen LogP contribution in [0.15, 0.2) is 78.2 Å². The molecule has 0 spiro atoms. The van der Waals surface area contributed by atoms with E-state index in [2.05, 4.69) is 5.32 Å². The summed E-state index contributed by atoms with van der Waals surface area (Å²) in [5.41, 5.74) is 4.03. The van der Waals surface area contributed by atoms with Gasteiger partial charge in [0.25, 0.3) is 5.91 Å². The maximum Gasteiger partial charge on any atom is 0.263 e. The van der Waals surface area contributed by atoms with Crippen LogP contribution in [0.2, 0.25) is 0 Å². The van der Waals surface area contributed by atoms with Crippen molar-refractivity contribution in [1.29, 1.82) is 0 Å². The van der Waals surface area contributed by atoms with Crippen LogP contribution in [0, 0.1) is 0 Å². The van der Waals surface area contributed by atoms with Crippen molar-refractivity contribution >= 4 is 22.9 Å². The van der Waals surface area contributed by atoms with Gasteiger partial charge in [-0.1, -0.05) is 48.5 Å². The number of methoxy groups -OCH3 is 2. The van der Waals surface area contributed by atoms with Gasteiger partial charge in [0.1, 0.15) is 22.1 Å². The van der Waals surface area contributed by atoms with Crippen LogP contribution in [0.4, 0.5) is 5.69 Å². The van der Waals surface area contributed by atoms with Gasteiger partial charge in [-0.3, -0.25) is 4.79 Å². The zero-order valence-electron chi connectivity index (χ0n) is 16.6. The molecular formula is C24H20N2O3S. The third-order valence-electron chi connectivity index (χ3n) is 4.62. The first-order valence-electron chi connectivity index (χ1n) is 9.33. The Bertz CT molecular complexity index is 1130. The van der Waals surface area contributed by atoms with Gasteiger partial charge in [0.15, 0.2) is 0 Å². The fourth-order valence-corrected chi connectivity index (χ4v) is 3.95. The quantitative estimate of drug-likeness (QED) is 0.435. The molecule has 150 valence electrons. The summed E-state index contributed by atoms with van der Waals surface area (Å²) in [5.74, 6) is 0.621. The van der Waals surface area contributed by atoms with Crippen LogP contribution in [0.3, 0.4) is 0 Å². The lowest BCUT2D eigenvalue weighted by atomic mass is 10.1. The van der Waals surface area contributed by atoms with Gasteiger partial charge in [0, 0.05) is 22.2 Å². The first-order chi connectivity index (χ1) is 14.7. The highest BCUT2D eigenvalue weighted by molar-refractivity contribution is 7.13. The minimum atomic E-state index is -0.294. The molecule has 1 heterocycles. The summed E-state index contributed by atoms with van der Waals surface area (Å²) in [7, 11) is 3.05. The molecular weight excluding hydrogens is 396 g/mol. The number of ether oxygens (including phenoxy) is 2. The molecule has 30 heavy (non-hydrogen) atoms. The van der Waals surface area contributed by atoms with Crippen LogP contribution in [0.1, 0.15) is 10.4 Å². The van der Waals surface area contributed by atoms with Crippen molar-refractivity contribution in [2.45, 2.75) is 0 Å². The molecule has 4 aromatic rings. The van der Waals surface area contributed by atoms with Gasteiger partial charge in [-0.25, -0.2) is 4.98 Å². The lowest BCUT2D eigenvalue weighted by molar-refractivity contribution is 0.102. The van der Waals surface area contributed by atoms with E-state index in [1.54, 1.807) is 29.5 Å². The van der Waals surface area contributed by atoms with Gasteiger partial charge in [-0.05, 0) is 24.3 Å². The summed E-state index contributed by atoms with van der Waals surface area (Å²) in [5, 5.41) is 5.92. The van der Waals surface area contributed by atoms with Gasteiger partial charge < -0.3 is 14.8 Å². The monoisotopic (exact) mass is 416 g/mol. The molecule has 0 bridgehead atoms. The lowest BCUT2D eigenvalue weighted by Gasteiger charge is -2.13. The Morgan fingerprint density at radius 1 is 0.833 bits per heavy atom. The number of hydrogen-bond donors (Lipinski definition) is 1. The zero-order valence-corrected chi connectivity index (χ0v) is 17.4. The average molecular weight is 417 g/mol. The highest BCUT2D eigenvalue weighted by Crippen LogP contribution is 2.31. The maximum absolute atomic E-state index is 12.8. The van der Waals surface area contributed by atoms with Crippen LogP contribution in [0.25, 0.3) is 21.8 Å². The third-order valence-corrected chi connectivity index (χ3v) is 5.51. The largest absolute Gasteiger partial charge is 0.496 e. The Morgan fingerprint density at radius 2 is 1.50 bits per heavy atom. The highest BCUT2D eigenvalue weighted by atomic mass is 32.1. The van der Waals surface area contributed by atoms with Crippen molar-refractivity contribution < 1.29 is 14.3 Å². The second kappa shape index (κ2) is 8.80. The second-order valence-electron chi connectivity index (χ2n) is 6.47. The number of thiazole rings is 1. The predicted octanol–water partition coefficient (Wildman–Crippen LogP) is 5.75. The summed E-state index contributed by atoms with van der Waals surface area (Å²) in [6.45, 7) is 0. The number of aromatic nitrogens is 1. The van der Waals surface area contributed by atoms with Crippen LogP contribution < -0.4 is 14.8 Å². The van der Waals surface area contributed by atoms with Crippen molar-refractivity contribution in [3.8, 4) is 33.3 Å². The van der Waals surface area contributed by atoms with E-state index in [1.165, 1.54) is 14.2 Å². The molecule has 3 aromatic carbocycles. The first kappa shape index (κ1) is 19.7. The van der Waals surface area contributed by atoms with E-state index >= 15 is 0 Å². The van der Waals surface area contributed by atoms with Crippen molar-refractivity contribution in [3.63, 3.8) is 0 Å². The predicted molar refractivity (Wildman–Crippen MR) is 120 cm³/mol. The summed E-state index contributed by atoms with van der Waals surface area (Å²) in [6, 6.07) is 22.9. The van der Waals surface area contributed by atoms with Crippen molar-refractivity contribution in [1.82, 2.24) is 4.98 Å². The van der Waals surface area contributed by atoms with Crippen LogP contribution >= 0.6 is 11.3 Å². The van der Waals surface area contributed by atoms with Gasteiger partial charge in [-0.2, -0.15) is 0 Å². The van der Waals surface area contributed by atoms with Gasteiger partial charge in [-0.15, -0.1) is 11.3 Å². The van der Waals surface area contributed by atoms with E-state index in [4.69, 9.17) is 14.5 Å². The van der Waals surface area contributed by atoms with E-state index in [1.807, 2.05) is 60.0 Å². The minimum absolute atomic E-state index is 0.294. The summed E-state index contributed by atoms with van der Waals surface area (Å²) >= 11 is 1.61. The van der Waals surface area contributed by atoms with E-state index in [0.717, 1.165) is 21.8 Å². The molecule has 0 aliphatic carbocycles. The number of anilines is 1. The number of benzene rings is 3. The molecule has 6 heteroatoms. The summed E-state index contributed by atoms with van der Waals surface area (Å²) in [6.07, 6.45) is 0. The fourth-order valence-electron chi connectivity index (χ4n) is 3.11. The summed E-state index contributed by atoms with van der Waals surface area (Å²) in [4.78, 5) is 17.5. The van der Waals surface area contributed by atoms with Crippen molar-refractivity contribution in [2.75, 3.05) is 19.5 Å². The molecule has 0 radical (unpaired) electrons.